The number of aromatic nitrogens is 2. The Bertz CT molecular complexity index is 710. The van der Waals surface area contributed by atoms with Gasteiger partial charge in [0, 0.05) is 0 Å². The number of hydrogen-bond acceptors (Lipinski definition) is 7. The van der Waals surface area contributed by atoms with Crippen molar-refractivity contribution >= 4 is 28.8 Å². The van der Waals surface area contributed by atoms with Crippen LogP contribution in [0.25, 0.3) is 0 Å². The zero-order valence-corrected chi connectivity index (χ0v) is 11.3. The van der Waals surface area contributed by atoms with Crippen LogP contribution < -0.4 is 14.8 Å². The third-order valence-electron chi connectivity index (χ3n) is 2.76. The molecule has 0 spiro atoms. The molecule has 0 saturated carbocycles. The molecule has 2 heterocycles. The molecule has 1 aromatic heterocycles. The molecule has 0 bridgehead atoms. The Morgan fingerprint density at radius 1 is 1.33 bits per heavy atom. The minimum Gasteiger partial charge on any atom is -0.486 e. The van der Waals surface area contributed by atoms with Gasteiger partial charge in [-0.05, 0) is 23.7 Å². The number of nitro groups is 1. The predicted octanol–water partition coefficient (Wildman–Crippen LogP) is 2.55. The maximum absolute atomic E-state index is 11.0. The first-order valence-corrected chi connectivity index (χ1v) is 6.35. The SMILES string of the molecule is O=[N+]([O-])c1cnc(Cl)nc1Nc1cccc2c1OCCO2. The molecule has 0 radical (unpaired) electrons. The highest BCUT2D eigenvalue weighted by molar-refractivity contribution is 6.28. The Labute approximate surface area is 123 Å². The first kappa shape index (κ1) is 13.4. The van der Waals surface area contributed by atoms with Gasteiger partial charge in [0.25, 0.3) is 0 Å². The summed E-state index contributed by atoms with van der Waals surface area (Å²) in [5, 5.41) is 13.7. The second kappa shape index (κ2) is 5.41. The summed E-state index contributed by atoms with van der Waals surface area (Å²) in [4.78, 5) is 17.9. The number of rotatable bonds is 3. The zero-order chi connectivity index (χ0) is 14.8. The normalized spacial score (nSPS) is 12.8. The molecule has 0 amide bonds. The van der Waals surface area contributed by atoms with Gasteiger partial charge in [-0.1, -0.05) is 6.07 Å². The minimum atomic E-state index is -0.592. The summed E-state index contributed by atoms with van der Waals surface area (Å²) < 4.78 is 11.0. The van der Waals surface area contributed by atoms with E-state index in [1.807, 2.05) is 0 Å². The summed E-state index contributed by atoms with van der Waals surface area (Å²) >= 11 is 5.69. The van der Waals surface area contributed by atoms with Gasteiger partial charge in [-0.25, -0.2) is 4.98 Å². The van der Waals surface area contributed by atoms with Crippen LogP contribution in [-0.4, -0.2) is 28.1 Å². The van der Waals surface area contributed by atoms with E-state index in [0.29, 0.717) is 30.4 Å². The zero-order valence-electron chi connectivity index (χ0n) is 10.6. The van der Waals surface area contributed by atoms with Crippen LogP contribution in [0.3, 0.4) is 0 Å². The van der Waals surface area contributed by atoms with Crippen molar-refractivity contribution < 1.29 is 14.4 Å². The van der Waals surface area contributed by atoms with Crippen molar-refractivity contribution in [3.63, 3.8) is 0 Å². The first-order chi connectivity index (χ1) is 10.1. The quantitative estimate of drug-likeness (QED) is 0.528. The summed E-state index contributed by atoms with van der Waals surface area (Å²) in [6.45, 7) is 0.855. The van der Waals surface area contributed by atoms with Crippen LogP contribution in [0.4, 0.5) is 17.2 Å². The molecule has 8 nitrogen and oxygen atoms in total. The Morgan fingerprint density at radius 2 is 2.14 bits per heavy atom. The topological polar surface area (TPSA) is 99.4 Å². The van der Waals surface area contributed by atoms with Crippen molar-refractivity contribution in [1.82, 2.24) is 9.97 Å². The smallest absolute Gasteiger partial charge is 0.329 e. The number of benzene rings is 1. The summed E-state index contributed by atoms with van der Waals surface area (Å²) in [6, 6.07) is 5.19. The number of ether oxygens (including phenoxy) is 2. The molecule has 1 aliphatic rings. The molecule has 0 atom stereocenters. The van der Waals surface area contributed by atoms with E-state index in [1.165, 1.54) is 0 Å². The van der Waals surface area contributed by atoms with Crippen LogP contribution in [-0.2, 0) is 0 Å². The number of halogens is 1. The molecule has 9 heteroatoms. The van der Waals surface area contributed by atoms with Crippen LogP contribution in [0.15, 0.2) is 24.4 Å². The molecular weight excluding hydrogens is 300 g/mol. The van der Waals surface area contributed by atoms with Crippen LogP contribution in [0.1, 0.15) is 0 Å². The second-order valence-corrected chi connectivity index (χ2v) is 4.42. The highest BCUT2D eigenvalue weighted by Gasteiger charge is 2.21. The van der Waals surface area contributed by atoms with Crippen molar-refractivity contribution in [2.45, 2.75) is 0 Å². The maximum atomic E-state index is 11.0. The van der Waals surface area contributed by atoms with E-state index >= 15 is 0 Å². The van der Waals surface area contributed by atoms with Crippen molar-refractivity contribution in [1.29, 1.82) is 0 Å². The fourth-order valence-corrected chi connectivity index (χ4v) is 2.01. The van der Waals surface area contributed by atoms with Gasteiger partial charge in [0.2, 0.25) is 11.1 Å². The molecule has 3 rings (SSSR count). The number of para-hydroxylation sites is 1. The Hall–Kier alpha value is -2.61. The van der Waals surface area contributed by atoms with E-state index in [0.717, 1.165) is 6.20 Å². The van der Waals surface area contributed by atoms with E-state index in [2.05, 4.69) is 15.3 Å². The largest absolute Gasteiger partial charge is 0.486 e. The molecule has 0 saturated heterocycles. The summed E-state index contributed by atoms with van der Waals surface area (Å²) in [5.74, 6) is 1.03. The Balaban J connectivity index is 2.01. The van der Waals surface area contributed by atoms with Crippen LogP contribution in [0, 0.1) is 10.1 Å². The second-order valence-electron chi connectivity index (χ2n) is 4.08. The lowest BCUT2D eigenvalue weighted by Crippen LogP contribution is -2.16. The third-order valence-corrected chi connectivity index (χ3v) is 2.94. The average molecular weight is 309 g/mol. The Morgan fingerprint density at radius 3 is 2.95 bits per heavy atom. The minimum absolute atomic E-state index is 0.0115. The van der Waals surface area contributed by atoms with Crippen LogP contribution >= 0.6 is 11.6 Å². The average Bonchev–Trinajstić information content (AvgIpc) is 2.47. The van der Waals surface area contributed by atoms with Gasteiger partial charge in [-0.3, -0.25) is 10.1 Å². The van der Waals surface area contributed by atoms with Crippen molar-refractivity contribution in [2.24, 2.45) is 0 Å². The lowest BCUT2D eigenvalue weighted by molar-refractivity contribution is -0.384. The van der Waals surface area contributed by atoms with Gasteiger partial charge in [0.1, 0.15) is 19.4 Å². The predicted molar refractivity (Wildman–Crippen MR) is 74.4 cm³/mol. The summed E-state index contributed by atoms with van der Waals surface area (Å²) in [5.41, 5.74) is 0.221. The third kappa shape index (κ3) is 2.65. The van der Waals surface area contributed by atoms with E-state index in [4.69, 9.17) is 21.1 Å². The number of nitrogens with zero attached hydrogens (tertiary/aromatic N) is 3. The molecule has 108 valence electrons. The van der Waals surface area contributed by atoms with Gasteiger partial charge in [0.15, 0.2) is 11.5 Å². The van der Waals surface area contributed by atoms with Gasteiger partial charge in [0.05, 0.1) is 10.6 Å². The monoisotopic (exact) mass is 308 g/mol. The molecule has 21 heavy (non-hydrogen) atoms. The molecule has 2 aromatic rings. The number of nitrogens with one attached hydrogen (secondary N) is 1. The van der Waals surface area contributed by atoms with Crippen molar-refractivity contribution in [3.05, 3.63) is 39.8 Å². The number of hydrogen-bond donors (Lipinski definition) is 1. The maximum Gasteiger partial charge on any atom is 0.329 e. The highest BCUT2D eigenvalue weighted by Crippen LogP contribution is 2.39. The summed E-state index contributed by atoms with van der Waals surface area (Å²) in [6.07, 6.45) is 1.05. The van der Waals surface area contributed by atoms with Crippen LogP contribution in [0.5, 0.6) is 11.5 Å². The van der Waals surface area contributed by atoms with E-state index in [1.54, 1.807) is 18.2 Å². The lowest BCUT2D eigenvalue weighted by atomic mass is 10.2. The van der Waals surface area contributed by atoms with Gasteiger partial charge in [-0.2, -0.15) is 4.98 Å². The fourth-order valence-electron chi connectivity index (χ4n) is 1.88. The van der Waals surface area contributed by atoms with E-state index in [-0.39, 0.29) is 16.8 Å². The lowest BCUT2D eigenvalue weighted by Gasteiger charge is -2.21. The first-order valence-electron chi connectivity index (χ1n) is 5.98. The molecule has 1 N–H and O–H groups in total. The Kier molecular flexibility index (Phi) is 3.44. The molecule has 1 aliphatic heterocycles. The van der Waals surface area contributed by atoms with Crippen LogP contribution in [0.2, 0.25) is 5.28 Å². The number of fused-ring (bicyclic) bond motifs is 1. The van der Waals surface area contributed by atoms with Crippen molar-refractivity contribution in [2.75, 3.05) is 18.5 Å². The number of anilines is 2. The molecular formula is C12H9ClN4O4. The van der Waals surface area contributed by atoms with Gasteiger partial charge in [-0.15, -0.1) is 0 Å². The molecule has 0 aliphatic carbocycles. The van der Waals surface area contributed by atoms with Crippen molar-refractivity contribution in [3.8, 4) is 11.5 Å². The van der Waals surface area contributed by atoms with E-state index < -0.39 is 4.92 Å². The molecule has 0 unspecified atom stereocenters. The van der Waals surface area contributed by atoms with Gasteiger partial charge >= 0.3 is 5.69 Å². The standard InChI is InChI=1S/C12H9ClN4O4/c13-12-14-6-8(17(18)19)11(16-12)15-7-2-1-3-9-10(7)21-5-4-20-9/h1-3,6H,4-5H2,(H,14,15,16). The van der Waals surface area contributed by atoms with E-state index in [9.17, 15) is 10.1 Å². The summed E-state index contributed by atoms with van der Waals surface area (Å²) in [7, 11) is 0. The fraction of sp³-hybridized carbons (Fsp3) is 0.167. The molecule has 0 fully saturated rings. The highest BCUT2D eigenvalue weighted by atomic mass is 35.5. The van der Waals surface area contributed by atoms with Gasteiger partial charge < -0.3 is 14.8 Å². The molecule has 1 aromatic carbocycles.